The lowest BCUT2D eigenvalue weighted by molar-refractivity contribution is -0.145. The second-order valence-electron chi connectivity index (χ2n) is 6.27. The maximum Gasteiger partial charge on any atom is 0.341 e. The van der Waals surface area contributed by atoms with Crippen LogP contribution in [-0.4, -0.2) is 50.4 Å². The van der Waals surface area contributed by atoms with Gasteiger partial charge < -0.3 is 14.9 Å². The van der Waals surface area contributed by atoms with Gasteiger partial charge in [-0.25, -0.2) is 9.59 Å². The Bertz CT molecular complexity index is 983. The predicted molar refractivity (Wildman–Crippen MR) is 103 cm³/mol. The first-order valence-electron chi connectivity index (χ1n) is 8.26. The zero-order chi connectivity index (χ0) is 21.6. The van der Waals surface area contributed by atoms with Crippen LogP contribution in [0.15, 0.2) is 53.4 Å². The fourth-order valence-corrected chi connectivity index (χ4v) is 2.91. The van der Waals surface area contributed by atoms with Crippen molar-refractivity contribution in [1.29, 1.82) is 0 Å². The summed E-state index contributed by atoms with van der Waals surface area (Å²) in [5.74, 6) is -2.64. The molecule has 1 unspecified atom stereocenters. The molecule has 0 amide bonds. The summed E-state index contributed by atoms with van der Waals surface area (Å²) in [6.07, 6.45) is 5.65. The average Bonchev–Trinajstić information content (AvgIpc) is 3.17. The van der Waals surface area contributed by atoms with Gasteiger partial charge in [-0.2, -0.15) is 5.10 Å². The number of aliphatic carboxylic acids is 2. The smallest absolute Gasteiger partial charge is 0.341 e. The van der Waals surface area contributed by atoms with Gasteiger partial charge in [0.1, 0.15) is 5.56 Å². The van der Waals surface area contributed by atoms with Crippen LogP contribution in [0.2, 0.25) is 0 Å². The summed E-state index contributed by atoms with van der Waals surface area (Å²) in [6.45, 7) is 1.44. The third kappa shape index (κ3) is 5.29. The molecule has 0 radical (unpaired) electrons. The number of nitrogens with one attached hydrogen (secondary N) is 1. The van der Waals surface area contributed by atoms with Crippen LogP contribution in [0.5, 0.6) is 0 Å². The number of rotatable bonds is 4. The van der Waals surface area contributed by atoms with Gasteiger partial charge >= 0.3 is 17.9 Å². The SMILES string of the molecule is CC1(C(=O)O)C=C(Cl)C=C(C(=O)O)C1.COC(=O)c1cn[nH]c1-c1ccccn1. The number of hydrogen-bond donors (Lipinski definition) is 3. The van der Waals surface area contributed by atoms with E-state index in [4.69, 9.17) is 21.8 Å². The van der Waals surface area contributed by atoms with Gasteiger partial charge in [0, 0.05) is 16.8 Å². The Morgan fingerprint density at radius 2 is 2.00 bits per heavy atom. The van der Waals surface area contributed by atoms with Gasteiger partial charge in [-0.15, -0.1) is 0 Å². The lowest BCUT2D eigenvalue weighted by atomic mass is 9.80. The molecule has 0 bridgehead atoms. The van der Waals surface area contributed by atoms with Gasteiger partial charge in [-0.3, -0.25) is 14.9 Å². The molecule has 0 aromatic carbocycles. The normalized spacial score (nSPS) is 17.9. The summed E-state index contributed by atoms with van der Waals surface area (Å²) in [7, 11) is 1.33. The quantitative estimate of drug-likeness (QED) is 0.642. The van der Waals surface area contributed by atoms with Gasteiger partial charge in [0.25, 0.3) is 0 Å². The summed E-state index contributed by atoms with van der Waals surface area (Å²) < 4.78 is 4.63. The largest absolute Gasteiger partial charge is 0.481 e. The van der Waals surface area contributed by atoms with E-state index >= 15 is 0 Å². The minimum absolute atomic E-state index is 0.0161. The monoisotopic (exact) mass is 419 g/mol. The van der Waals surface area contributed by atoms with Gasteiger partial charge in [-0.05, 0) is 37.6 Å². The molecule has 2 heterocycles. The molecule has 1 aliphatic carbocycles. The number of nitrogens with zero attached hydrogens (tertiary/aromatic N) is 2. The Labute approximate surface area is 170 Å². The van der Waals surface area contributed by atoms with E-state index in [1.807, 2.05) is 6.07 Å². The molecule has 3 rings (SSSR count). The van der Waals surface area contributed by atoms with Crippen LogP contribution in [0, 0.1) is 5.41 Å². The molecule has 10 heteroatoms. The summed E-state index contributed by atoms with van der Waals surface area (Å²) in [5, 5.41) is 24.3. The number of H-pyrrole nitrogens is 1. The van der Waals surface area contributed by atoms with Crippen molar-refractivity contribution in [3.63, 3.8) is 0 Å². The van der Waals surface area contributed by atoms with E-state index in [-0.39, 0.29) is 17.0 Å². The molecule has 9 nitrogen and oxygen atoms in total. The van der Waals surface area contributed by atoms with Crippen LogP contribution in [0.3, 0.4) is 0 Å². The average molecular weight is 420 g/mol. The van der Waals surface area contributed by atoms with Crippen LogP contribution >= 0.6 is 11.6 Å². The van der Waals surface area contributed by atoms with Crippen molar-refractivity contribution in [2.75, 3.05) is 7.11 Å². The highest BCUT2D eigenvalue weighted by atomic mass is 35.5. The Balaban J connectivity index is 0.000000208. The number of hydrogen-bond acceptors (Lipinski definition) is 6. The number of methoxy groups -OCH3 is 1. The van der Waals surface area contributed by atoms with E-state index in [2.05, 4.69) is 19.9 Å². The molecule has 152 valence electrons. The van der Waals surface area contributed by atoms with Crippen molar-refractivity contribution in [1.82, 2.24) is 15.2 Å². The molecule has 0 aliphatic heterocycles. The molecule has 2 aromatic heterocycles. The number of ether oxygens (including phenoxy) is 1. The number of carboxylic acids is 2. The zero-order valence-corrected chi connectivity index (χ0v) is 16.3. The molecule has 0 spiro atoms. The summed E-state index contributed by atoms with van der Waals surface area (Å²) >= 11 is 5.64. The number of halogens is 1. The first-order valence-corrected chi connectivity index (χ1v) is 8.64. The van der Waals surface area contributed by atoms with E-state index in [1.165, 1.54) is 32.4 Å². The number of carbonyl (C=O) groups excluding carboxylic acids is 1. The molecule has 3 N–H and O–H groups in total. The van der Waals surface area contributed by atoms with Crippen molar-refractivity contribution in [3.05, 3.63) is 58.9 Å². The fourth-order valence-electron chi connectivity index (χ4n) is 2.54. The number of aromatic nitrogens is 3. The minimum Gasteiger partial charge on any atom is -0.481 e. The number of carbonyl (C=O) groups is 3. The van der Waals surface area contributed by atoms with Crippen LogP contribution in [0.1, 0.15) is 23.7 Å². The standard InChI is InChI=1S/C10H9N3O2.C9H9ClO4/c1-15-10(14)7-6-12-13-9(7)8-4-2-3-5-11-8;1-9(8(13)14)3-5(7(11)12)2-6(10)4-9/h2-6H,1H3,(H,12,13);2,4H,3H2,1H3,(H,11,12)(H,13,14). The van der Waals surface area contributed by atoms with Gasteiger partial charge in [0.15, 0.2) is 0 Å². The third-order valence-electron chi connectivity index (χ3n) is 4.06. The lowest BCUT2D eigenvalue weighted by Gasteiger charge is -2.24. The number of esters is 1. The lowest BCUT2D eigenvalue weighted by Crippen LogP contribution is -2.29. The molecule has 1 atom stereocenters. The maximum absolute atomic E-state index is 11.4. The number of pyridine rings is 1. The highest BCUT2D eigenvalue weighted by Gasteiger charge is 2.36. The Morgan fingerprint density at radius 1 is 1.28 bits per heavy atom. The van der Waals surface area contributed by atoms with E-state index < -0.39 is 23.3 Å². The van der Waals surface area contributed by atoms with Crippen LogP contribution in [-0.2, 0) is 14.3 Å². The van der Waals surface area contributed by atoms with Crippen molar-refractivity contribution in [2.24, 2.45) is 5.41 Å². The Hall–Kier alpha value is -3.46. The van der Waals surface area contributed by atoms with E-state index in [0.717, 1.165) is 0 Å². The fraction of sp³-hybridized carbons (Fsp3) is 0.211. The zero-order valence-electron chi connectivity index (χ0n) is 15.5. The third-order valence-corrected chi connectivity index (χ3v) is 4.27. The summed E-state index contributed by atoms with van der Waals surface area (Å²) in [5.41, 5.74) is 0.413. The second kappa shape index (κ2) is 9.16. The maximum atomic E-state index is 11.4. The minimum atomic E-state index is -1.22. The predicted octanol–water partition coefficient (Wildman–Crippen LogP) is 2.87. The van der Waals surface area contributed by atoms with Crippen molar-refractivity contribution >= 4 is 29.5 Å². The summed E-state index contributed by atoms with van der Waals surface area (Å²) in [4.78, 5) is 37.0. The highest BCUT2D eigenvalue weighted by molar-refractivity contribution is 6.31. The Morgan fingerprint density at radius 3 is 2.55 bits per heavy atom. The second-order valence-corrected chi connectivity index (χ2v) is 6.71. The first-order chi connectivity index (χ1) is 13.7. The molecular weight excluding hydrogens is 402 g/mol. The molecule has 0 fully saturated rings. The molecular formula is C19H18ClN3O6. The highest BCUT2D eigenvalue weighted by Crippen LogP contribution is 2.35. The van der Waals surface area contributed by atoms with Gasteiger partial charge in [0.2, 0.25) is 0 Å². The molecule has 1 aliphatic rings. The van der Waals surface area contributed by atoms with E-state index in [0.29, 0.717) is 17.0 Å². The number of aromatic amines is 1. The number of allylic oxidation sites excluding steroid dienone is 2. The Kier molecular flexibility index (Phi) is 6.89. The van der Waals surface area contributed by atoms with E-state index in [1.54, 1.807) is 18.3 Å². The van der Waals surface area contributed by atoms with Crippen LogP contribution in [0.25, 0.3) is 11.4 Å². The first kappa shape index (κ1) is 21.8. The molecule has 29 heavy (non-hydrogen) atoms. The van der Waals surface area contributed by atoms with Crippen LogP contribution < -0.4 is 0 Å². The molecule has 2 aromatic rings. The van der Waals surface area contributed by atoms with Crippen molar-refractivity contribution in [3.8, 4) is 11.4 Å². The van der Waals surface area contributed by atoms with Gasteiger partial charge in [0.05, 0.1) is 30.1 Å². The van der Waals surface area contributed by atoms with Crippen molar-refractivity contribution < 1.29 is 29.3 Å². The van der Waals surface area contributed by atoms with E-state index in [9.17, 15) is 14.4 Å². The topological polar surface area (TPSA) is 142 Å². The molecule has 0 saturated carbocycles. The number of carboxylic acid groups (broad SMARTS) is 2. The molecule has 0 saturated heterocycles. The van der Waals surface area contributed by atoms with Crippen molar-refractivity contribution in [2.45, 2.75) is 13.3 Å². The van der Waals surface area contributed by atoms with Crippen LogP contribution in [0.4, 0.5) is 0 Å². The van der Waals surface area contributed by atoms with Gasteiger partial charge in [-0.1, -0.05) is 17.7 Å². The summed E-state index contributed by atoms with van der Waals surface area (Å²) in [6, 6.07) is 5.43.